The van der Waals surface area contributed by atoms with E-state index in [0.29, 0.717) is 11.8 Å². The second kappa shape index (κ2) is 11.5. The van der Waals surface area contributed by atoms with Crippen LogP contribution in [-0.4, -0.2) is 4.57 Å². The molecule has 5 atom stereocenters. The van der Waals surface area contributed by atoms with Crippen LogP contribution in [0.25, 0.3) is 69.6 Å². The summed E-state index contributed by atoms with van der Waals surface area (Å²) in [4.78, 5) is 2.57. The standard InChI is InChI=1S/C55H40N2S/c1-2-12-40-34(10-1)11-9-18-50(40)56(37-22-25-54-46(30-37)45-15-5-8-19-53(45)58-54)38-20-23-41-42-24-21-39(57-51-16-6-3-13-43(51)44-14-4-7-17-52(44)57)32-49(42)55(48(41)31-38)36-27-33-26-35(29-36)47(55)28-33/h1-25,30-33,35-36,47H,26-29H2. The van der Waals surface area contributed by atoms with Crippen molar-refractivity contribution in [2.45, 2.75) is 31.1 Å². The molecule has 5 unspecified atom stereocenters. The van der Waals surface area contributed by atoms with Crippen molar-refractivity contribution in [3.63, 3.8) is 0 Å². The van der Waals surface area contributed by atoms with Crippen LogP contribution in [0.4, 0.5) is 17.1 Å². The van der Waals surface area contributed by atoms with Gasteiger partial charge in [0.15, 0.2) is 0 Å². The zero-order valence-corrected chi connectivity index (χ0v) is 32.9. The van der Waals surface area contributed by atoms with Crippen LogP contribution >= 0.6 is 11.3 Å². The molecule has 10 aromatic rings. The van der Waals surface area contributed by atoms with Crippen molar-refractivity contribution in [1.82, 2.24) is 4.57 Å². The van der Waals surface area contributed by atoms with Crippen LogP contribution in [0.3, 0.4) is 0 Å². The molecule has 58 heavy (non-hydrogen) atoms. The second-order valence-corrected chi connectivity index (χ2v) is 18.8. The van der Waals surface area contributed by atoms with Crippen molar-refractivity contribution in [3.8, 4) is 16.8 Å². The van der Waals surface area contributed by atoms with Crippen LogP contribution in [-0.2, 0) is 5.41 Å². The zero-order valence-electron chi connectivity index (χ0n) is 32.1. The summed E-state index contributed by atoms with van der Waals surface area (Å²) in [6.45, 7) is 0. The molecule has 1 spiro atoms. The van der Waals surface area contributed by atoms with Crippen LogP contribution in [0.15, 0.2) is 170 Å². The van der Waals surface area contributed by atoms with Gasteiger partial charge in [0.25, 0.3) is 0 Å². The van der Waals surface area contributed by atoms with Crippen molar-refractivity contribution >= 4 is 81.1 Å². The number of fused-ring (bicyclic) bond motifs is 10. The highest BCUT2D eigenvalue weighted by atomic mass is 32.1. The number of para-hydroxylation sites is 2. The van der Waals surface area contributed by atoms with Gasteiger partial charge in [-0.1, -0.05) is 103 Å². The Kier molecular flexibility index (Phi) is 6.31. The predicted molar refractivity (Wildman–Crippen MR) is 245 cm³/mol. The SMILES string of the molecule is c1ccc2c(N(c3ccc4c(c3)C3(c5cc(-n6c7ccccc7c7ccccc76)ccc5-4)C4CC5CC(C4)C3C5)c3ccc4sc5ccccc5c4c3)cccc2c1. The van der Waals surface area contributed by atoms with E-state index in [-0.39, 0.29) is 5.41 Å². The number of hydrogen-bond acceptors (Lipinski definition) is 2. The van der Waals surface area contributed by atoms with Gasteiger partial charge in [0.1, 0.15) is 0 Å². The van der Waals surface area contributed by atoms with Gasteiger partial charge in [-0.25, -0.2) is 0 Å². The number of benzene rings is 8. The molecule has 0 amide bonds. The van der Waals surface area contributed by atoms with Crippen LogP contribution in [0.2, 0.25) is 0 Å². The largest absolute Gasteiger partial charge is 0.310 e. The molecule has 4 fully saturated rings. The van der Waals surface area contributed by atoms with E-state index >= 15 is 0 Å². The van der Waals surface area contributed by atoms with Crippen molar-refractivity contribution in [2.75, 3.05) is 4.90 Å². The number of aromatic nitrogens is 1. The Hall–Kier alpha value is -6.16. The van der Waals surface area contributed by atoms with Gasteiger partial charge >= 0.3 is 0 Å². The van der Waals surface area contributed by atoms with E-state index in [9.17, 15) is 0 Å². The van der Waals surface area contributed by atoms with Crippen LogP contribution < -0.4 is 4.90 Å². The Morgan fingerprint density at radius 3 is 1.98 bits per heavy atom. The zero-order chi connectivity index (χ0) is 37.7. The summed E-state index contributed by atoms with van der Waals surface area (Å²) in [5.74, 6) is 3.04. The van der Waals surface area contributed by atoms with Crippen molar-refractivity contribution in [2.24, 2.45) is 23.7 Å². The molecule has 5 aliphatic rings. The maximum absolute atomic E-state index is 2.65. The summed E-state index contributed by atoms with van der Waals surface area (Å²) in [7, 11) is 0. The fraction of sp³-hybridized carbons (Fsp3) is 0.164. The molecule has 2 heterocycles. The first-order chi connectivity index (χ1) is 28.7. The molecule has 8 aromatic carbocycles. The summed E-state index contributed by atoms with van der Waals surface area (Å²) in [6.07, 6.45) is 5.48. The topological polar surface area (TPSA) is 8.17 Å². The highest BCUT2D eigenvalue weighted by Gasteiger charge is 2.66. The fourth-order valence-electron chi connectivity index (χ4n) is 13.2. The summed E-state index contributed by atoms with van der Waals surface area (Å²) in [5.41, 5.74) is 13.6. The van der Waals surface area contributed by atoms with Crippen molar-refractivity contribution < 1.29 is 0 Å². The molecular weight excluding hydrogens is 721 g/mol. The van der Waals surface area contributed by atoms with Gasteiger partial charge < -0.3 is 9.47 Å². The number of nitrogens with zero attached hydrogens (tertiary/aromatic N) is 2. The van der Waals surface area contributed by atoms with E-state index < -0.39 is 0 Å². The normalized spacial score (nSPS) is 22.6. The van der Waals surface area contributed by atoms with Gasteiger partial charge in [-0.05, 0) is 144 Å². The molecule has 4 bridgehead atoms. The lowest BCUT2D eigenvalue weighted by Crippen LogP contribution is -2.40. The van der Waals surface area contributed by atoms with Gasteiger partial charge in [0, 0.05) is 58.8 Å². The van der Waals surface area contributed by atoms with Gasteiger partial charge in [-0.3, -0.25) is 0 Å². The second-order valence-electron chi connectivity index (χ2n) is 17.7. The van der Waals surface area contributed by atoms with Gasteiger partial charge in [-0.2, -0.15) is 0 Å². The van der Waals surface area contributed by atoms with E-state index in [2.05, 4.69) is 179 Å². The van der Waals surface area contributed by atoms with Crippen LogP contribution in [0, 0.1) is 23.7 Å². The summed E-state index contributed by atoms with van der Waals surface area (Å²) in [5, 5.41) is 7.84. The summed E-state index contributed by atoms with van der Waals surface area (Å²) < 4.78 is 5.21. The lowest BCUT2D eigenvalue weighted by Gasteiger charge is -2.44. The molecular formula is C55H40N2S. The van der Waals surface area contributed by atoms with Gasteiger partial charge in [0.05, 0.1) is 16.7 Å². The molecule has 5 aliphatic carbocycles. The van der Waals surface area contributed by atoms with E-state index in [0.717, 1.165) is 11.8 Å². The van der Waals surface area contributed by atoms with E-state index in [1.54, 1.807) is 11.1 Å². The molecule has 15 rings (SSSR count). The molecule has 2 aromatic heterocycles. The first-order valence-corrected chi connectivity index (χ1v) is 22.0. The molecule has 0 radical (unpaired) electrons. The lowest BCUT2D eigenvalue weighted by atomic mass is 9.59. The Bertz CT molecular complexity index is 3300. The average Bonchev–Trinajstić information content (AvgIpc) is 4.03. The third-order valence-electron chi connectivity index (χ3n) is 15.1. The van der Waals surface area contributed by atoms with Crippen molar-refractivity contribution in [1.29, 1.82) is 0 Å². The van der Waals surface area contributed by atoms with Gasteiger partial charge in [-0.15, -0.1) is 11.3 Å². The Morgan fingerprint density at radius 2 is 1.16 bits per heavy atom. The Morgan fingerprint density at radius 1 is 0.500 bits per heavy atom. The quantitative estimate of drug-likeness (QED) is 0.173. The lowest BCUT2D eigenvalue weighted by molar-refractivity contribution is 0.191. The third-order valence-corrected chi connectivity index (χ3v) is 16.3. The number of thiophene rings is 1. The molecule has 4 saturated carbocycles. The average molecular weight is 761 g/mol. The first kappa shape index (κ1) is 31.9. The summed E-state index contributed by atoms with van der Waals surface area (Å²) >= 11 is 1.89. The minimum Gasteiger partial charge on any atom is -0.310 e. The maximum atomic E-state index is 2.65. The number of anilines is 3. The number of hydrogen-bond donors (Lipinski definition) is 0. The third kappa shape index (κ3) is 4.07. The van der Waals surface area contributed by atoms with E-state index in [4.69, 9.17) is 0 Å². The highest BCUT2D eigenvalue weighted by molar-refractivity contribution is 7.25. The molecule has 0 aliphatic heterocycles. The molecule has 3 heteroatoms. The minimum absolute atomic E-state index is 0.0189. The Balaban J connectivity index is 1.01. The maximum Gasteiger partial charge on any atom is 0.0541 e. The minimum atomic E-state index is 0.0189. The summed E-state index contributed by atoms with van der Waals surface area (Å²) in [6, 6.07) is 64.8. The van der Waals surface area contributed by atoms with Crippen molar-refractivity contribution in [3.05, 3.63) is 181 Å². The monoisotopic (exact) mass is 760 g/mol. The molecule has 0 N–H and O–H groups in total. The molecule has 0 saturated heterocycles. The smallest absolute Gasteiger partial charge is 0.0541 e. The first-order valence-electron chi connectivity index (χ1n) is 21.2. The van der Waals surface area contributed by atoms with Gasteiger partial charge in [0.2, 0.25) is 0 Å². The number of rotatable bonds is 4. The molecule has 2 nitrogen and oxygen atoms in total. The molecule has 276 valence electrons. The van der Waals surface area contributed by atoms with E-state index in [1.807, 2.05) is 11.3 Å². The Labute approximate surface area is 341 Å². The fourth-order valence-corrected chi connectivity index (χ4v) is 14.2. The predicted octanol–water partition coefficient (Wildman–Crippen LogP) is 15.1. The highest BCUT2D eigenvalue weighted by Crippen LogP contribution is 2.73. The van der Waals surface area contributed by atoms with E-state index in [1.165, 1.54) is 112 Å². The van der Waals surface area contributed by atoms with Crippen LogP contribution in [0.5, 0.6) is 0 Å². The van der Waals surface area contributed by atoms with Crippen LogP contribution in [0.1, 0.15) is 36.8 Å².